The van der Waals surface area contributed by atoms with Gasteiger partial charge >= 0.3 is 0 Å². The first kappa shape index (κ1) is 21.7. The largest absolute Gasteiger partial charge is 0.392 e. The molecular formula is C17H27ClN2O4S. The van der Waals surface area contributed by atoms with Crippen molar-refractivity contribution in [1.29, 1.82) is 0 Å². The van der Waals surface area contributed by atoms with Crippen LogP contribution in [0.15, 0.2) is 24.3 Å². The summed E-state index contributed by atoms with van der Waals surface area (Å²) in [6.45, 7) is 7.38. The first-order valence-corrected chi connectivity index (χ1v) is 10.3. The Kier molecular flexibility index (Phi) is 7.28. The first-order valence-electron chi connectivity index (χ1n) is 8.02. The predicted octanol–water partition coefficient (Wildman–Crippen LogP) is 2.27. The number of benzene rings is 1. The second-order valence-electron chi connectivity index (χ2n) is 7.20. The third kappa shape index (κ3) is 6.49. The maximum absolute atomic E-state index is 12.3. The summed E-state index contributed by atoms with van der Waals surface area (Å²) in [4.78, 5) is 12.3. The van der Waals surface area contributed by atoms with Gasteiger partial charge in [-0.05, 0) is 24.1 Å². The number of halogens is 1. The van der Waals surface area contributed by atoms with Crippen LogP contribution in [0.4, 0.5) is 5.69 Å². The van der Waals surface area contributed by atoms with Gasteiger partial charge in [0, 0.05) is 17.0 Å². The number of hydrogen-bond acceptors (Lipinski definition) is 4. The van der Waals surface area contributed by atoms with Crippen LogP contribution < -0.4 is 9.62 Å². The van der Waals surface area contributed by atoms with Crippen LogP contribution in [0.1, 0.15) is 27.7 Å². The number of nitrogens with one attached hydrogen (secondary N) is 1. The molecule has 0 saturated carbocycles. The number of carbonyl (C=O) groups excluding carboxylic acids is 1. The standard InChI is InChI=1S/C17H27ClN2O4S/c1-12(2)16(22)17(3,4)11-19-15(21)10-20(25(5,23)24)14-8-6-7-13(18)9-14/h6-9,12,16,22H,10-11H2,1-5H3,(H,19,21)/t16-/m1/s1. The van der Waals surface area contributed by atoms with E-state index < -0.39 is 27.4 Å². The van der Waals surface area contributed by atoms with Crippen molar-refractivity contribution in [2.45, 2.75) is 33.8 Å². The van der Waals surface area contributed by atoms with Crippen molar-refractivity contribution >= 4 is 33.2 Å². The van der Waals surface area contributed by atoms with Crippen molar-refractivity contribution in [2.75, 3.05) is 23.7 Å². The van der Waals surface area contributed by atoms with Crippen LogP contribution in [0.2, 0.25) is 5.02 Å². The van der Waals surface area contributed by atoms with Crippen LogP contribution in [0.3, 0.4) is 0 Å². The van der Waals surface area contributed by atoms with E-state index in [1.165, 1.54) is 6.07 Å². The van der Waals surface area contributed by atoms with Gasteiger partial charge in [0.1, 0.15) is 6.54 Å². The Hall–Kier alpha value is -1.31. The Morgan fingerprint density at radius 2 is 1.96 bits per heavy atom. The maximum atomic E-state index is 12.3. The fraction of sp³-hybridized carbons (Fsp3) is 0.588. The first-order chi connectivity index (χ1) is 11.3. The van der Waals surface area contributed by atoms with E-state index in [1.54, 1.807) is 18.2 Å². The Morgan fingerprint density at radius 3 is 2.44 bits per heavy atom. The zero-order chi connectivity index (χ0) is 19.4. The second kappa shape index (κ2) is 8.38. The van der Waals surface area contributed by atoms with Crippen LogP contribution >= 0.6 is 11.6 Å². The van der Waals surface area contributed by atoms with Gasteiger partial charge in [-0.25, -0.2) is 8.42 Å². The van der Waals surface area contributed by atoms with E-state index in [-0.39, 0.29) is 19.0 Å². The summed E-state index contributed by atoms with van der Waals surface area (Å²) in [5.41, 5.74) is -0.206. The normalized spacial score (nSPS) is 13.6. The van der Waals surface area contributed by atoms with Crippen LogP contribution in [0, 0.1) is 11.3 Å². The monoisotopic (exact) mass is 390 g/mol. The molecule has 0 bridgehead atoms. The third-order valence-corrected chi connectivity index (χ3v) is 5.33. The molecule has 0 fully saturated rings. The lowest BCUT2D eigenvalue weighted by molar-refractivity contribution is -0.120. The molecule has 1 rings (SSSR count). The van der Waals surface area contributed by atoms with Crippen molar-refractivity contribution in [3.05, 3.63) is 29.3 Å². The van der Waals surface area contributed by atoms with Gasteiger partial charge in [0.2, 0.25) is 15.9 Å². The summed E-state index contributed by atoms with van der Waals surface area (Å²) in [5.74, 6) is -0.402. The molecule has 0 aliphatic heterocycles. The Morgan fingerprint density at radius 1 is 1.36 bits per heavy atom. The van der Waals surface area contributed by atoms with Gasteiger partial charge in [-0.2, -0.15) is 0 Å². The highest BCUT2D eigenvalue weighted by Gasteiger charge is 2.31. The lowest BCUT2D eigenvalue weighted by Gasteiger charge is -2.33. The van der Waals surface area contributed by atoms with Gasteiger partial charge in [0.05, 0.1) is 18.0 Å². The number of hydrogen-bond donors (Lipinski definition) is 2. The van der Waals surface area contributed by atoms with E-state index >= 15 is 0 Å². The molecule has 1 amide bonds. The Bertz CT molecular complexity index is 704. The van der Waals surface area contributed by atoms with Crippen molar-refractivity contribution in [3.8, 4) is 0 Å². The molecule has 0 spiro atoms. The van der Waals surface area contributed by atoms with Gasteiger partial charge in [0.15, 0.2) is 0 Å². The predicted molar refractivity (Wildman–Crippen MR) is 101 cm³/mol. The smallest absolute Gasteiger partial charge is 0.240 e. The average Bonchev–Trinajstić information content (AvgIpc) is 2.48. The number of aliphatic hydroxyl groups excluding tert-OH is 1. The van der Waals surface area contributed by atoms with Crippen LogP contribution in [0.25, 0.3) is 0 Å². The fourth-order valence-electron chi connectivity index (χ4n) is 2.55. The number of anilines is 1. The zero-order valence-corrected chi connectivity index (χ0v) is 16.9. The molecule has 0 heterocycles. The van der Waals surface area contributed by atoms with Crippen molar-refractivity contribution in [2.24, 2.45) is 11.3 Å². The van der Waals surface area contributed by atoms with Gasteiger partial charge < -0.3 is 10.4 Å². The van der Waals surface area contributed by atoms with Crippen molar-refractivity contribution in [3.63, 3.8) is 0 Å². The number of nitrogens with zero attached hydrogens (tertiary/aromatic N) is 1. The number of aliphatic hydroxyl groups is 1. The summed E-state index contributed by atoms with van der Waals surface area (Å²) in [5, 5.41) is 13.3. The molecule has 0 aliphatic carbocycles. The van der Waals surface area contributed by atoms with Gasteiger partial charge in [-0.3, -0.25) is 9.10 Å². The molecule has 2 N–H and O–H groups in total. The summed E-state index contributed by atoms with van der Waals surface area (Å²) >= 11 is 5.91. The molecule has 6 nitrogen and oxygen atoms in total. The minimum Gasteiger partial charge on any atom is -0.392 e. The van der Waals surface area contributed by atoms with Gasteiger partial charge in [0.25, 0.3) is 0 Å². The van der Waals surface area contributed by atoms with Crippen LogP contribution in [-0.2, 0) is 14.8 Å². The minimum atomic E-state index is -3.65. The molecule has 0 saturated heterocycles. The maximum Gasteiger partial charge on any atom is 0.240 e. The Balaban J connectivity index is 2.84. The van der Waals surface area contributed by atoms with E-state index in [2.05, 4.69) is 5.32 Å². The fourth-order valence-corrected chi connectivity index (χ4v) is 3.58. The molecule has 1 atom stereocenters. The van der Waals surface area contributed by atoms with Crippen LogP contribution in [-0.4, -0.2) is 44.9 Å². The van der Waals surface area contributed by atoms with Crippen molar-refractivity contribution < 1.29 is 18.3 Å². The molecule has 8 heteroatoms. The molecule has 0 aliphatic rings. The summed E-state index contributed by atoms with van der Waals surface area (Å²) in [6, 6.07) is 6.31. The topological polar surface area (TPSA) is 86.7 Å². The molecule has 142 valence electrons. The summed E-state index contributed by atoms with van der Waals surface area (Å²) in [6.07, 6.45) is 0.444. The highest BCUT2D eigenvalue weighted by atomic mass is 35.5. The third-order valence-electron chi connectivity index (χ3n) is 3.96. The van der Waals surface area contributed by atoms with E-state index in [4.69, 9.17) is 11.6 Å². The van der Waals surface area contributed by atoms with Crippen molar-refractivity contribution in [1.82, 2.24) is 5.32 Å². The second-order valence-corrected chi connectivity index (χ2v) is 9.55. The van der Waals surface area contributed by atoms with E-state index in [9.17, 15) is 18.3 Å². The number of sulfonamides is 1. The lowest BCUT2D eigenvalue weighted by Crippen LogP contribution is -2.47. The molecular weight excluding hydrogens is 364 g/mol. The number of carbonyl (C=O) groups is 1. The molecule has 1 aromatic carbocycles. The zero-order valence-electron chi connectivity index (χ0n) is 15.3. The summed E-state index contributed by atoms with van der Waals surface area (Å²) < 4.78 is 25.1. The average molecular weight is 391 g/mol. The number of amides is 1. The van der Waals surface area contributed by atoms with Gasteiger partial charge in [-0.1, -0.05) is 45.4 Å². The van der Waals surface area contributed by atoms with Crippen LogP contribution in [0.5, 0.6) is 0 Å². The minimum absolute atomic E-state index is 0.0471. The van der Waals surface area contributed by atoms with Gasteiger partial charge in [-0.15, -0.1) is 0 Å². The van der Waals surface area contributed by atoms with E-state index in [0.29, 0.717) is 10.7 Å². The lowest BCUT2D eigenvalue weighted by atomic mass is 9.81. The highest BCUT2D eigenvalue weighted by molar-refractivity contribution is 7.92. The van der Waals surface area contributed by atoms with E-state index in [1.807, 2.05) is 27.7 Å². The Labute approximate surface area is 155 Å². The highest BCUT2D eigenvalue weighted by Crippen LogP contribution is 2.25. The van der Waals surface area contributed by atoms with E-state index in [0.717, 1.165) is 10.6 Å². The molecule has 1 aromatic rings. The number of rotatable bonds is 8. The SMILES string of the molecule is CC(C)[C@@H](O)C(C)(C)CNC(=O)CN(c1cccc(Cl)c1)S(C)(=O)=O. The molecule has 25 heavy (non-hydrogen) atoms. The molecule has 0 aromatic heterocycles. The molecule has 0 unspecified atom stereocenters. The summed E-state index contributed by atoms with van der Waals surface area (Å²) in [7, 11) is -3.65. The quantitative estimate of drug-likeness (QED) is 0.712. The molecule has 0 radical (unpaired) electrons.